The Morgan fingerprint density at radius 3 is 2.54 bits per heavy atom. The number of rotatable bonds is 5. The molecule has 6 heteroatoms. The number of hydrogen-bond acceptors (Lipinski definition) is 3. The average molecular weight is 378 g/mol. The van der Waals surface area contributed by atoms with E-state index >= 15 is 0 Å². The second-order valence-corrected chi connectivity index (χ2v) is 8.19. The summed E-state index contributed by atoms with van der Waals surface area (Å²) in [7, 11) is 3.59. The van der Waals surface area contributed by atoms with E-state index in [1.807, 2.05) is 24.3 Å². The molecule has 3 fully saturated rings. The van der Waals surface area contributed by atoms with Gasteiger partial charge in [-0.3, -0.25) is 14.5 Å². The quantitative estimate of drug-likeness (QED) is 0.790. The van der Waals surface area contributed by atoms with Crippen molar-refractivity contribution in [3.05, 3.63) is 34.9 Å². The summed E-state index contributed by atoms with van der Waals surface area (Å²) in [6, 6.07) is 7.95. The second-order valence-electron chi connectivity index (χ2n) is 7.75. The third kappa shape index (κ3) is 4.77. The number of amides is 2. The van der Waals surface area contributed by atoms with E-state index in [4.69, 9.17) is 11.6 Å². The van der Waals surface area contributed by atoms with Gasteiger partial charge < -0.3 is 9.80 Å². The Hall–Kier alpha value is -1.59. The standard InChI is InChI=1S/C20H28ClN3O2/c1-22(2)20(26)14-23-11-16-5-9-18(13-23)24(12-16)19(25)10-6-15-3-7-17(21)8-4-15/h3-4,7-8,16,18H,5-6,9-14H2,1-2H3/t16-,18+/m0/s1. The molecule has 1 aromatic rings. The van der Waals surface area contributed by atoms with Gasteiger partial charge in [-0.25, -0.2) is 0 Å². The highest BCUT2D eigenvalue weighted by Crippen LogP contribution is 2.28. The van der Waals surface area contributed by atoms with E-state index in [1.165, 1.54) is 0 Å². The molecular formula is C20H28ClN3O2. The van der Waals surface area contributed by atoms with Gasteiger partial charge in [-0.05, 0) is 42.9 Å². The minimum absolute atomic E-state index is 0.131. The first-order valence-electron chi connectivity index (χ1n) is 9.39. The molecule has 0 N–H and O–H groups in total. The minimum Gasteiger partial charge on any atom is -0.348 e. The Kier molecular flexibility index (Phi) is 6.20. The van der Waals surface area contributed by atoms with E-state index in [0.717, 1.165) is 49.5 Å². The molecule has 3 aliphatic heterocycles. The molecule has 26 heavy (non-hydrogen) atoms. The maximum absolute atomic E-state index is 12.8. The van der Waals surface area contributed by atoms with Crippen LogP contribution in [0.15, 0.2) is 24.3 Å². The van der Waals surface area contributed by atoms with E-state index in [2.05, 4.69) is 9.80 Å². The highest BCUT2D eigenvalue weighted by molar-refractivity contribution is 6.30. The molecule has 2 amide bonds. The maximum Gasteiger partial charge on any atom is 0.236 e. The number of fused-ring (bicyclic) bond motifs is 4. The smallest absolute Gasteiger partial charge is 0.236 e. The van der Waals surface area contributed by atoms with E-state index in [0.29, 0.717) is 18.9 Å². The van der Waals surface area contributed by atoms with E-state index in [-0.39, 0.29) is 17.9 Å². The SMILES string of the molecule is CN(C)C(=O)CN1C[C@@H]2CC[C@H](C1)N(C(=O)CCc1ccc(Cl)cc1)C2. The third-order valence-corrected chi connectivity index (χ3v) is 5.76. The monoisotopic (exact) mass is 377 g/mol. The number of hydrogen-bond donors (Lipinski definition) is 0. The largest absolute Gasteiger partial charge is 0.348 e. The predicted molar refractivity (Wildman–Crippen MR) is 103 cm³/mol. The number of carbonyl (C=O) groups excluding carboxylic acids is 2. The molecule has 0 saturated carbocycles. The molecular weight excluding hydrogens is 350 g/mol. The molecule has 3 saturated heterocycles. The molecule has 4 rings (SSSR count). The summed E-state index contributed by atoms with van der Waals surface area (Å²) in [6.07, 6.45) is 3.47. The fourth-order valence-corrected chi connectivity index (χ4v) is 4.12. The fraction of sp³-hybridized carbons (Fsp3) is 0.600. The molecule has 2 atom stereocenters. The Bertz CT molecular complexity index is 647. The van der Waals surface area contributed by atoms with Crippen molar-refractivity contribution < 1.29 is 9.59 Å². The number of benzene rings is 1. The van der Waals surface area contributed by atoms with Gasteiger partial charge in [-0.2, -0.15) is 0 Å². The van der Waals surface area contributed by atoms with Crippen LogP contribution in [-0.4, -0.2) is 72.8 Å². The molecule has 0 radical (unpaired) electrons. The van der Waals surface area contributed by atoms with Crippen LogP contribution in [0.1, 0.15) is 24.8 Å². The molecule has 3 heterocycles. The molecule has 0 aliphatic carbocycles. The summed E-state index contributed by atoms with van der Waals surface area (Å²) in [5.41, 5.74) is 1.14. The molecule has 3 aliphatic rings. The Labute approximate surface area is 160 Å². The van der Waals surface area contributed by atoms with Crippen LogP contribution in [0, 0.1) is 5.92 Å². The lowest BCUT2D eigenvalue weighted by Crippen LogP contribution is -2.47. The molecule has 1 aromatic carbocycles. The van der Waals surface area contributed by atoms with Gasteiger partial charge in [0.2, 0.25) is 11.8 Å². The van der Waals surface area contributed by atoms with Gasteiger partial charge in [-0.15, -0.1) is 0 Å². The first kappa shape index (κ1) is 19.2. The van der Waals surface area contributed by atoms with Gasteiger partial charge in [0.05, 0.1) is 6.54 Å². The van der Waals surface area contributed by atoms with Crippen molar-refractivity contribution in [3.8, 4) is 0 Å². The van der Waals surface area contributed by atoms with Crippen LogP contribution in [0.2, 0.25) is 5.02 Å². The van der Waals surface area contributed by atoms with E-state index in [1.54, 1.807) is 19.0 Å². The van der Waals surface area contributed by atoms with E-state index in [9.17, 15) is 9.59 Å². The van der Waals surface area contributed by atoms with Gasteiger partial charge in [0, 0.05) is 51.2 Å². The number of nitrogens with zero attached hydrogens (tertiary/aromatic N) is 3. The van der Waals surface area contributed by atoms with Gasteiger partial charge in [0.15, 0.2) is 0 Å². The molecule has 0 spiro atoms. The van der Waals surface area contributed by atoms with Crippen molar-refractivity contribution in [3.63, 3.8) is 0 Å². The number of likely N-dealkylation sites (N-methyl/N-ethyl adjacent to an activating group) is 1. The van der Waals surface area contributed by atoms with Crippen LogP contribution >= 0.6 is 11.6 Å². The number of piperidine rings is 1. The maximum atomic E-state index is 12.8. The van der Waals surface area contributed by atoms with Gasteiger partial charge in [-0.1, -0.05) is 23.7 Å². The zero-order chi connectivity index (χ0) is 18.7. The topological polar surface area (TPSA) is 43.9 Å². The summed E-state index contributed by atoms with van der Waals surface area (Å²) in [5, 5.41) is 0.720. The number of halogens is 1. The lowest BCUT2D eigenvalue weighted by atomic mass is 9.94. The summed E-state index contributed by atoms with van der Waals surface area (Å²) in [6.45, 7) is 3.00. The molecule has 2 bridgehead atoms. The lowest BCUT2D eigenvalue weighted by Gasteiger charge is -2.36. The Morgan fingerprint density at radius 2 is 1.85 bits per heavy atom. The third-order valence-electron chi connectivity index (χ3n) is 5.51. The van der Waals surface area contributed by atoms with Crippen molar-refractivity contribution in [2.45, 2.75) is 31.7 Å². The van der Waals surface area contributed by atoms with Crippen molar-refractivity contribution in [1.29, 1.82) is 0 Å². The number of carbonyl (C=O) groups is 2. The van der Waals surface area contributed by atoms with Gasteiger partial charge in [0.25, 0.3) is 0 Å². The van der Waals surface area contributed by atoms with Crippen LogP contribution < -0.4 is 0 Å². The molecule has 5 nitrogen and oxygen atoms in total. The highest BCUT2D eigenvalue weighted by Gasteiger charge is 2.37. The normalized spacial score (nSPS) is 23.0. The average Bonchev–Trinajstić information content (AvgIpc) is 2.91. The summed E-state index contributed by atoms with van der Waals surface area (Å²) < 4.78 is 0. The Morgan fingerprint density at radius 1 is 1.12 bits per heavy atom. The summed E-state index contributed by atoms with van der Waals surface area (Å²) in [5.74, 6) is 0.838. The lowest BCUT2D eigenvalue weighted by molar-refractivity contribution is -0.135. The molecule has 142 valence electrons. The van der Waals surface area contributed by atoms with Gasteiger partial charge >= 0.3 is 0 Å². The van der Waals surface area contributed by atoms with Crippen molar-refractivity contribution >= 4 is 23.4 Å². The Balaban J connectivity index is 1.57. The predicted octanol–water partition coefficient (Wildman–Crippen LogP) is 2.28. The van der Waals surface area contributed by atoms with Crippen molar-refractivity contribution in [2.24, 2.45) is 5.92 Å². The first-order chi connectivity index (χ1) is 12.4. The van der Waals surface area contributed by atoms with Crippen LogP contribution in [0.5, 0.6) is 0 Å². The fourth-order valence-electron chi connectivity index (χ4n) is 3.99. The van der Waals surface area contributed by atoms with Gasteiger partial charge in [0.1, 0.15) is 0 Å². The number of aryl methyl sites for hydroxylation is 1. The molecule has 0 aromatic heterocycles. The second kappa shape index (κ2) is 8.40. The van der Waals surface area contributed by atoms with E-state index < -0.39 is 0 Å². The van der Waals surface area contributed by atoms with Crippen LogP contribution in [0.4, 0.5) is 0 Å². The summed E-state index contributed by atoms with van der Waals surface area (Å²) in [4.78, 5) is 30.8. The molecule has 0 unspecified atom stereocenters. The van der Waals surface area contributed by atoms with Crippen LogP contribution in [0.25, 0.3) is 0 Å². The van der Waals surface area contributed by atoms with Crippen molar-refractivity contribution in [1.82, 2.24) is 14.7 Å². The van der Waals surface area contributed by atoms with Crippen molar-refractivity contribution in [2.75, 3.05) is 40.3 Å². The zero-order valence-electron chi connectivity index (χ0n) is 15.7. The zero-order valence-corrected chi connectivity index (χ0v) is 16.4. The minimum atomic E-state index is 0.131. The van der Waals surface area contributed by atoms with Crippen LogP contribution in [-0.2, 0) is 16.0 Å². The van der Waals surface area contributed by atoms with Crippen LogP contribution in [0.3, 0.4) is 0 Å². The highest BCUT2D eigenvalue weighted by atomic mass is 35.5. The summed E-state index contributed by atoms with van der Waals surface area (Å²) >= 11 is 5.92. The first-order valence-corrected chi connectivity index (χ1v) is 9.76.